The van der Waals surface area contributed by atoms with Crippen LogP contribution in [0.3, 0.4) is 0 Å². The van der Waals surface area contributed by atoms with Crippen LogP contribution >= 0.6 is 23.2 Å². The number of hydrogen-bond acceptors (Lipinski definition) is 5. The largest absolute Gasteiger partial charge is 0.352 e. The van der Waals surface area contributed by atoms with Crippen molar-refractivity contribution in [1.82, 2.24) is 19.3 Å². The third-order valence-corrected chi connectivity index (χ3v) is 6.96. The van der Waals surface area contributed by atoms with E-state index in [1.165, 1.54) is 24.4 Å². The van der Waals surface area contributed by atoms with Gasteiger partial charge in [0.05, 0.1) is 16.1 Å². The molecule has 1 fully saturated rings. The molecule has 0 aliphatic carbocycles. The number of halogens is 3. The van der Waals surface area contributed by atoms with Crippen molar-refractivity contribution in [2.45, 2.75) is 6.42 Å². The number of carbonyl (C=O) groups is 1. The van der Waals surface area contributed by atoms with Gasteiger partial charge < -0.3 is 14.8 Å². The third-order valence-electron chi connectivity index (χ3n) is 6.21. The molecule has 3 aromatic heterocycles. The van der Waals surface area contributed by atoms with Crippen LogP contribution in [0.5, 0.6) is 0 Å². The molecule has 0 spiro atoms. The van der Waals surface area contributed by atoms with Gasteiger partial charge in [-0.2, -0.15) is 5.26 Å². The highest BCUT2D eigenvalue weighted by Crippen LogP contribution is 2.27. The Kier molecular flexibility index (Phi) is 6.39. The van der Waals surface area contributed by atoms with Crippen molar-refractivity contribution in [3.63, 3.8) is 0 Å². The first-order chi connectivity index (χ1) is 17.4. The maximum Gasteiger partial charge on any atom is 0.272 e. The van der Waals surface area contributed by atoms with E-state index >= 15 is 0 Å². The Morgan fingerprint density at radius 2 is 1.94 bits per heavy atom. The number of fused-ring (bicyclic) bond motifs is 1. The third kappa shape index (κ3) is 4.30. The Labute approximate surface area is 215 Å². The zero-order valence-corrected chi connectivity index (χ0v) is 20.4. The van der Waals surface area contributed by atoms with Gasteiger partial charge in [-0.25, -0.2) is 9.37 Å². The highest BCUT2D eigenvalue weighted by atomic mass is 35.5. The molecule has 0 unspecified atom stereocenters. The van der Waals surface area contributed by atoms with Crippen LogP contribution in [0.15, 0.2) is 53.6 Å². The van der Waals surface area contributed by atoms with Crippen LogP contribution in [-0.4, -0.2) is 51.4 Å². The van der Waals surface area contributed by atoms with E-state index < -0.39 is 11.7 Å². The molecule has 8 nitrogen and oxygen atoms in total. The number of aromatic nitrogens is 3. The predicted molar refractivity (Wildman–Crippen MR) is 134 cm³/mol. The number of hydrogen-bond donors (Lipinski definition) is 1. The Morgan fingerprint density at radius 3 is 2.69 bits per heavy atom. The fourth-order valence-corrected chi connectivity index (χ4v) is 4.85. The van der Waals surface area contributed by atoms with E-state index in [1.54, 1.807) is 33.7 Å². The van der Waals surface area contributed by atoms with Crippen LogP contribution in [0.2, 0.25) is 10.2 Å². The SMILES string of the molecule is N#Cc1cccnc1N1CCN(C(=O)c2cc(Cc3c[nH]c(=O)c4cc(Cl)c(Cl)n34)ccc2F)CC1. The molecule has 1 amide bonds. The summed E-state index contributed by atoms with van der Waals surface area (Å²) in [6, 6.07) is 11.4. The van der Waals surface area contributed by atoms with Crippen LogP contribution in [0.1, 0.15) is 27.2 Å². The fourth-order valence-electron chi connectivity index (χ4n) is 4.41. The molecule has 4 heterocycles. The number of aromatic amines is 1. The summed E-state index contributed by atoms with van der Waals surface area (Å²) in [7, 11) is 0. The first-order valence-corrected chi connectivity index (χ1v) is 11.9. The standard InChI is InChI=1S/C25H19Cl2FN6O2/c26-19-12-21-24(35)31-14-17(34(21)22(19)27)10-15-3-4-20(28)18(11-15)25(36)33-8-6-32(7-9-33)23-16(13-29)2-1-5-30-23/h1-5,11-12,14H,6-10H2,(H,31,35). The van der Waals surface area contributed by atoms with Gasteiger partial charge in [-0.3, -0.25) is 14.0 Å². The molecular formula is C25H19Cl2FN6O2. The summed E-state index contributed by atoms with van der Waals surface area (Å²) in [4.78, 5) is 35.9. The summed E-state index contributed by atoms with van der Waals surface area (Å²) in [6.45, 7) is 1.67. The van der Waals surface area contributed by atoms with Gasteiger partial charge >= 0.3 is 0 Å². The number of anilines is 1. The molecule has 1 aliphatic heterocycles. The van der Waals surface area contributed by atoms with Gasteiger partial charge in [-0.1, -0.05) is 29.3 Å². The van der Waals surface area contributed by atoms with Gasteiger partial charge in [0.2, 0.25) is 0 Å². The molecule has 1 aliphatic rings. The summed E-state index contributed by atoms with van der Waals surface area (Å²) in [5.41, 5.74) is 1.69. The van der Waals surface area contributed by atoms with E-state index in [9.17, 15) is 19.2 Å². The number of nitriles is 1. The van der Waals surface area contributed by atoms with Crippen LogP contribution in [0.4, 0.5) is 10.2 Å². The molecule has 4 aromatic rings. The molecule has 0 radical (unpaired) electrons. The highest BCUT2D eigenvalue weighted by molar-refractivity contribution is 6.42. The van der Waals surface area contributed by atoms with Gasteiger partial charge in [0.1, 0.15) is 28.4 Å². The van der Waals surface area contributed by atoms with E-state index in [-0.39, 0.29) is 27.7 Å². The van der Waals surface area contributed by atoms with Crippen molar-refractivity contribution >= 4 is 40.4 Å². The number of carbonyl (C=O) groups excluding carboxylic acids is 1. The summed E-state index contributed by atoms with van der Waals surface area (Å²) in [5.74, 6) is -0.447. The van der Waals surface area contributed by atoms with Crippen LogP contribution in [-0.2, 0) is 6.42 Å². The van der Waals surface area contributed by atoms with E-state index in [4.69, 9.17) is 23.2 Å². The molecule has 0 bridgehead atoms. The first kappa shape index (κ1) is 23.9. The van der Waals surface area contributed by atoms with E-state index in [0.717, 1.165) is 0 Å². The molecule has 0 atom stereocenters. The lowest BCUT2D eigenvalue weighted by molar-refractivity contribution is 0.0741. The molecule has 11 heteroatoms. The van der Waals surface area contributed by atoms with Crippen molar-refractivity contribution < 1.29 is 9.18 Å². The second kappa shape index (κ2) is 9.64. The zero-order chi connectivity index (χ0) is 25.4. The summed E-state index contributed by atoms with van der Waals surface area (Å²) in [5, 5.41) is 9.78. The lowest BCUT2D eigenvalue weighted by Crippen LogP contribution is -2.49. The average Bonchev–Trinajstić information content (AvgIpc) is 3.21. The second-order valence-electron chi connectivity index (χ2n) is 8.37. The number of amides is 1. The number of piperazine rings is 1. The van der Waals surface area contributed by atoms with Crippen LogP contribution in [0, 0.1) is 17.1 Å². The van der Waals surface area contributed by atoms with E-state index in [1.807, 2.05) is 4.90 Å². The number of pyridine rings is 1. The second-order valence-corrected chi connectivity index (χ2v) is 9.13. The van der Waals surface area contributed by atoms with Crippen LogP contribution < -0.4 is 10.5 Å². The summed E-state index contributed by atoms with van der Waals surface area (Å²) < 4.78 is 16.3. The molecule has 36 heavy (non-hydrogen) atoms. The van der Waals surface area contributed by atoms with Crippen molar-refractivity contribution in [2.75, 3.05) is 31.1 Å². The Morgan fingerprint density at radius 1 is 1.17 bits per heavy atom. The molecule has 1 N–H and O–H groups in total. The number of benzene rings is 1. The molecule has 1 aromatic carbocycles. The maximum atomic E-state index is 14.7. The molecule has 5 rings (SSSR count). The topological polar surface area (TPSA) is 97.5 Å². The van der Waals surface area contributed by atoms with Crippen LogP contribution in [0.25, 0.3) is 5.52 Å². The van der Waals surface area contributed by atoms with E-state index in [0.29, 0.717) is 54.3 Å². The van der Waals surface area contributed by atoms with Gasteiger partial charge in [0.25, 0.3) is 11.5 Å². The highest BCUT2D eigenvalue weighted by Gasteiger charge is 2.26. The minimum atomic E-state index is -0.615. The lowest BCUT2D eigenvalue weighted by atomic mass is 10.0. The van der Waals surface area contributed by atoms with E-state index in [2.05, 4.69) is 16.0 Å². The Hall–Kier alpha value is -3.87. The predicted octanol–water partition coefficient (Wildman–Crippen LogP) is 3.89. The van der Waals surface area contributed by atoms with Gasteiger partial charge in [-0.05, 0) is 35.9 Å². The van der Waals surface area contributed by atoms with Gasteiger partial charge in [0.15, 0.2) is 0 Å². The summed E-state index contributed by atoms with van der Waals surface area (Å²) >= 11 is 12.4. The zero-order valence-electron chi connectivity index (χ0n) is 18.8. The molecule has 1 saturated heterocycles. The number of H-pyrrole nitrogens is 1. The normalized spacial score (nSPS) is 13.7. The lowest BCUT2D eigenvalue weighted by Gasteiger charge is -2.35. The molecule has 0 saturated carbocycles. The maximum absolute atomic E-state index is 14.7. The Balaban J connectivity index is 1.36. The minimum Gasteiger partial charge on any atom is -0.352 e. The average molecular weight is 525 g/mol. The summed E-state index contributed by atoms with van der Waals surface area (Å²) in [6.07, 6.45) is 3.43. The Bertz CT molecular complexity index is 1580. The molecule has 182 valence electrons. The number of rotatable bonds is 4. The smallest absolute Gasteiger partial charge is 0.272 e. The van der Waals surface area contributed by atoms with Gasteiger partial charge in [0, 0.05) is 50.7 Å². The monoisotopic (exact) mass is 524 g/mol. The van der Waals surface area contributed by atoms with Crippen molar-refractivity contribution in [3.8, 4) is 6.07 Å². The number of nitrogens with zero attached hydrogens (tertiary/aromatic N) is 5. The quantitative estimate of drug-likeness (QED) is 0.436. The van der Waals surface area contributed by atoms with Crippen molar-refractivity contribution in [1.29, 1.82) is 5.26 Å². The molecular weight excluding hydrogens is 506 g/mol. The first-order valence-electron chi connectivity index (χ1n) is 11.1. The minimum absolute atomic E-state index is 0.0335. The number of nitrogens with one attached hydrogen (secondary N) is 1. The van der Waals surface area contributed by atoms with Crippen molar-refractivity contribution in [3.05, 3.63) is 97.5 Å². The van der Waals surface area contributed by atoms with Crippen molar-refractivity contribution in [2.24, 2.45) is 0 Å². The fraction of sp³-hybridized carbons (Fsp3) is 0.200. The van der Waals surface area contributed by atoms with Gasteiger partial charge in [-0.15, -0.1) is 0 Å².